The van der Waals surface area contributed by atoms with Gasteiger partial charge in [-0.2, -0.15) is 5.10 Å². The number of halogens is 3. The predicted octanol–water partition coefficient (Wildman–Crippen LogP) is 5.83. The zero-order valence-electron chi connectivity index (χ0n) is 16.6. The molecule has 5 nitrogen and oxygen atoms in total. The Kier molecular flexibility index (Phi) is 6.68. The Hall–Kier alpha value is -1.60. The molecule has 2 aliphatic heterocycles. The summed E-state index contributed by atoms with van der Waals surface area (Å²) in [7, 11) is 0. The first kappa shape index (κ1) is 21.6. The highest BCUT2D eigenvalue weighted by Gasteiger charge is 2.40. The second kappa shape index (κ2) is 9.27. The van der Waals surface area contributed by atoms with Gasteiger partial charge >= 0.3 is 0 Å². The molecule has 0 bridgehead atoms. The molecule has 2 aliphatic rings. The van der Waals surface area contributed by atoms with Crippen LogP contribution in [0.15, 0.2) is 52.0 Å². The summed E-state index contributed by atoms with van der Waals surface area (Å²) < 4.78 is 0.997. The van der Waals surface area contributed by atoms with E-state index in [1.807, 2.05) is 47.3 Å². The van der Waals surface area contributed by atoms with Gasteiger partial charge in [0, 0.05) is 28.5 Å². The molecule has 1 fully saturated rings. The van der Waals surface area contributed by atoms with Crippen LogP contribution in [-0.4, -0.2) is 29.7 Å². The third-order valence-electron chi connectivity index (χ3n) is 5.60. The maximum atomic E-state index is 13.1. The minimum absolute atomic E-state index is 0.122. The van der Waals surface area contributed by atoms with Gasteiger partial charge in [0.15, 0.2) is 0 Å². The molecule has 0 aromatic heterocycles. The molecule has 2 aromatic carbocycles. The number of rotatable bonds is 4. The molecule has 2 heterocycles. The van der Waals surface area contributed by atoms with Crippen molar-refractivity contribution in [1.82, 2.24) is 10.4 Å². The van der Waals surface area contributed by atoms with Gasteiger partial charge in [-0.3, -0.25) is 15.2 Å². The van der Waals surface area contributed by atoms with Crippen molar-refractivity contribution in [3.05, 3.63) is 62.5 Å². The van der Waals surface area contributed by atoms with Crippen molar-refractivity contribution in [2.75, 3.05) is 18.1 Å². The normalized spacial score (nSPS) is 22.1. The molecule has 30 heavy (non-hydrogen) atoms. The number of hydrogen-bond acceptors (Lipinski definition) is 4. The molecule has 158 valence electrons. The van der Waals surface area contributed by atoms with Gasteiger partial charge in [-0.05, 0) is 48.7 Å². The van der Waals surface area contributed by atoms with Gasteiger partial charge < -0.3 is 0 Å². The number of amides is 1. The summed E-state index contributed by atoms with van der Waals surface area (Å²) in [5.74, 6) is -0.276. The SMILES string of the molecule is CC1C(C(=O)NN2CCCCC2)=NN(c2ccc(Cl)cc2Cl)C1c1ccc(Br)cc1. The molecular weight excluding hydrogens is 487 g/mol. The maximum Gasteiger partial charge on any atom is 0.282 e. The first-order valence-electron chi connectivity index (χ1n) is 10.1. The van der Waals surface area contributed by atoms with E-state index >= 15 is 0 Å². The molecule has 1 saturated heterocycles. The van der Waals surface area contributed by atoms with E-state index in [1.165, 1.54) is 6.42 Å². The molecule has 2 unspecified atom stereocenters. The Labute approximate surface area is 195 Å². The molecule has 1 N–H and O–H groups in total. The van der Waals surface area contributed by atoms with Crippen LogP contribution in [0.5, 0.6) is 0 Å². The van der Waals surface area contributed by atoms with Crippen molar-refractivity contribution in [3.8, 4) is 0 Å². The summed E-state index contributed by atoms with van der Waals surface area (Å²) in [5, 5.41) is 9.64. The number of nitrogens with zero attached hydrogens (tertiary/aromatic N) is 3. The molecular formula is C22H23BrCl2N4O. The molecule has 0 radical (unpaired) electrons. The number of nitrogens with one attached hydrogen (secondary N) is 1. The van der Waals surface area contributed by atoms with Crippen LogP contribution in [0.2, 0.25) is 10.0 Å². The van der Waals surface area contributed by atoms with Crippen molar-refractivity contribution in [2.45, 2.75) is 32.2 Å². The number of hydrazone groups is 1. The lowest BCUT2D eigenvalue weighted by Gasteiger charge is -2.28. The highest BCUT2D eigenvalue weighted by Crippen LogP contribution is 2.42. The largest absolute Gasteiger partial charge is 0.284 e. The van der Waals surface area contributed by atoms with E-state index in [1.54, 1.807) is 12.1 Å². The van der Waals surface area contributed by atoms with Gasteiger partial charge in [-0.15, -0.1) is 0 Å². The van der Waals surface area contributed by atoms with Crippen LogP contribution in [0.25, 0.3) is 0 Å². The topological polar surface area (TPSA) is 47.9 Å². The Balaban J connectivity index is 1.68. The second-order valence-corrected chi connectivity index (χ2v) is 9.46. The van der Waals surface area contributed by atoms with Crippen LogP contribution in [0.4, 0.5) is 5.69 Å². The minimum atomic E-state index is -0.154. The van der Waals surface area contributed by atoms with Crippen molar-refractivity contribution >= 4 is 56.4 Å². The van der Waals surface area contributed by atoms with Gasteiger partial charge in [-0.1, -0.05) is 64.6 Å². The molecule has 8 heteroatoms. The van der Waals surface area contributed by atoms with Gasteiger partial charge in [0.05, 0.1) is 16.8 Å². The van der Waals surface area contributed by atoms with Crippen LogP contribution < -0.4 is 10.4 Å². The van der Waals surface area contributed by atoms with Gasteiger partial charge in [0.25, 0.3) is 5.91 Å². The quantitative estimate of drug-likeness (QED) is 0.564. The number of carbonyl (C=O) groups is 1. The average molecular weight is 510 g/mol. The number of anilines is 1. The lowest BCUT2D eigenvalue weighted by Crippen LogP contribution is -2.48. The minimum Gasteiger partial charge on any atom is -0.284 e. The molecule has 1 amide bonds. The number of hydrogen-bond donors (Lipinski definition) is 1. The predicted molar refractivity (Wildman–Crippen MR) is 126 cm³/mol. The van der Waals surface area contributed by atoms with Crippen LogP contribution in [0.3, 0.4) is 0 Å². The number of benzene rings is 2. The first-order chi connectivity index (χ1) is 14.4. The van der Waals surface area contributed by atoms with Crippen molar-refractivity contribution in [3.63, 3.8) is 0 Å². The standard InChI is InChI=1S/C22H23BrCl2N4O/c1-14-20(22(30)27-28-11-3-2-4-12-28)26-29(19-10-9-17(24)13-18(19)25)21(14)15-5-7-16(23)8-6-15/h5-10,13-14,21H,2-4,11-12H2,1H3,(H,27,30). The van der Waals surface area contributed by atoms with E-state index in [0.717, 1.165) is 41.7 Å². The Morgan fingerprint density at radius 3 is 2.47 bits per heavy atom. The van der Waals surface area contributed by atoms with E-state index in [2.05, 4.69) is 21.4 Å². The lowest BCUT2D eigenvalue weighted by atomic mass is 9.91. The van der Waals surface area contributed by atoms with Gasteiger partial charge in [-0.25, -0.2) is 5.01 Å². The number of carbonyl (C=O) groups excluding carboxylic acids is 1. The van der Waals surface area contributed by atoms with E-state index < -0.39 is 0 Å². The summed E-state index contributed by atoms with van der Waals surface area (Å²) in [6.07, 6.45) is 3.39. The summed E-state index contributed by atoms with van der Waals surface area (Å²) in [4.78, 5) is 13.1. The molecule has 4 rings (SSSR count). The fourth-order valence-corrected chi connectivity index (χ4v) is 4.81. The van der Waals surface area contributed by atoms with Crippen LogP contribution in [-0.2, 0) is 4.79 Å². The number of piperidine rings is 1. The Morgan fingerprint density at radius 2 is 1.80 bits per heavy atom. The van der Waals surface area contributed by atoms with Gasteiger partial charge in [0.1, 0.15) is 5.71 Å². The maximum absolute atomic E-state index is 13.1. The van der Waals surface area contributed by atoms with E-state index in [-0.39, 0.29) is 17.9 Å². The van der Waals surface area contributed by atoms with Crippen LogP contribution >= 0.6 is 39.1 Å². The molecule has 2 atom stereocenters. The summed E-state index contributed by atoms with van der Waals surface area (Å²) in [5.41, 5.74) is 5.32. The number of hydrazine groups is 1. The summed E-state index contributed by atoms with van der Waals surface area (Å²) in [6, 6.07) is 13.3. The second-order valence-electron chi connectivity index (χ2n) is 7.70. The summed E-state index contributed by atoms with van der Waals surface area (Å²) in [6.45, 7) is 3.78. The fourth-order valence-electron chi connectivity index (χ4n) is 4.05. The third kappa shape index (κ3) is 4.52. The zero-order valence-corrected chi connectivity index (χ0v) is 19.7. The van der Waals surface area contributed by atoms with Crippen molar-refractivity contribution in [2.24, 2.45) is 11.0 Å². The first-order valence-corrected chi connectivity index (χ1v) is 11.6. The van der Waals surface area contributed by atoms with Gasteiger partial charge in [0.2, 0.25) is 0 Å². The molecule has 0 saturated carbocycles. The lowest BCUT2D eigenvalue weighted by molar-refractivity contribution is -0.120. The third-order valence-corrected chi connectivity index (χ3v) is 6.67. The van der Waals surface area contributed by atoms with E-state index in [9.17, 15) is 4.79 Å². The van der Waals surface area contributed by atoms with Crippen LogP contribution in [0.1, 0.15) is 37.8 Å². The van der Waals surface area contributed by atoms with Crippen molar-refractivity contribution < 1.29 is 4.79 Å². The highest BCUT2D eigenvalue weighted by atomic mass is 79.9. The van der Waals surface area contributed by atoms with Crippen LogP contribution in [0, 0.1) is 5.92 Å². The molecule has 0 spiro atoms. The fraction of sp³-hybridized carbons (Fsp3) is 0.364. The van der Waals surface area contributed by atoms with E-state index in [0.29, 0.717) is 15.8 Å². The molecule has 2 aromatic rings. The highest BCUT2D eigenvalue weighted by molar-refractivity contribution is 9.10. The summed E-state index contributed by atoms with van der Waals surface area (Å²) >= 11 is 16.1. The monoisotopic (exact) mass is 508 g/mol. The average Bonchev–Trinajstić information content (AvgIpc) is 3.06. The van der Waals surface area contributed by atoms with Crippen molar-refractivity contribution in [1.29, 1.82) is 0 Å². The Bertz CT molecular complexity index is 960. The Morgan fingerprint density at radius 1 is 1.10 bits per heavy atom. The zero-order chi connectivity index (χ0) is 21.3. The smallest absolute Gasteiger partial charge is 0.282 e. The molecule has 0 aliphatic carbocycles. The van der Waals surface area contributed by atoms with E-state index in [4.69, 9.17) is 28.3 Å².